The van der Waals surface area contributed by atoms with Gasteiger partial charge < -0.3 is 20.2 Å². The van der Waals surface area contributed by atoms with Crippen LogP contribution in [-0.4, -0.2) is 44.8 Å². The monoisotopic (exact) mass is 464 g/mol. The lowest BCUT2D eigenvalue weighted by Gasteiger charge is -2.23. The molecule has 0 bridgehead atoms. The lowest BCUT2D eigenvalue weighted by atomic mass is 10.1. The largest absolute Gasteiger partial charge is 0.490 e. The minimum Gasteiger partial charge on any atom is -0.475 e. The van der Waals surface area contributed by atoms with Gasteiger partial charge in [-0.05, 0) is 47.8 Å². The summed E-state index contributed by atoms with van der Waals surface area (Å²) in [7, 11) is 0. The molecule has 0 radical (unpaired) electrons. The summed E-state index contributed by atoms with van der Waals surface area (Å²) in [4.78, 5) is 23.4. The van der Waals surface area contributed by atoms with Crippen molar-refractivity contribution >= 4 is 33.6 Å². The van der Waals surface area contributed by atoms with Gasteiger partial charge in [0.25, 0.3) is 5.91 Å². The number of aromatic nitrogens is 2. The van der Waals surface area contributed by atoms with E-state index in [2.05, 4.69) is 26.1 Å². The number of carboxylic acid groups (broad SMARTS) is 1. The summed E-state index contributed by atoms with van der Waals surface area (Å²) in [6, 6.07) is 5.19. The highest BCUT2D eigenvalue weighted by molar-refractivity contribution is 9.10. The van der Waals surface area contributed by atoms with Crippen molar-refractivity contribution in [3.05, 3.63) is 39.9 Å². The topological polar surface area (TPSA) is 123 Å². The van der Waals surface area contributed by atoms with Gasteiger partial charge in [0, 0.05) is 12.6 Å². The minimum absolute atomic E-state index is 0.0388. The lowest BCUT2D eigenvalue weighted by Crippen LogP contribution is -2.31. The normalized spacial score (nSPS) is 16.5. The van der Waals surface area contributed by atoms with Crippen molar-refractivity contribution < 1.29 is 32.3 Å². The van der Waals surface area contributed by atoms with Crippen LogP contribution in [0.15, 0.2) is 27.3 Å². The predicted molar refractivity (Wildman–Crippen MR) is 94.3 cm³/mol. The van der Waals surface area contributed by atoms with Crippen LogP contribution in [0.25, 0.3) is 0 Å². The molecule has 3 heterocycles. The van der Waals surface area contributed by atoms with Gasteiger partial charge in [0.05, 0.1) is 17.3 Å². The number of nitrogen functional groups attached to an aromatic ring is 1. The van der Waals surface area contributed by atoms with Crippen LogP contribution in [0.5, 0.6) is 0 Å². The van der Waals surface area contributed by atoms with E-state index in [-0.39, 0.29) is 11.9 Å². The first-order valence-corrected chi connectivity index (χ1v) is 8.76. The van der Waals surface area contributed by atoms with Gasteiger partial charge in [-0.15, -0.1) is 5.10 Å². The highest BCUT2D eigenvalue weighted by Crippen LogP contribution is 2.33. The van der Waals surface area contributed by atoms with E-state index >= 15 is 0 Å². The SMILES string of the molecule is Cc1oc(Br)cc1C(=O)N1CCCC1c1ccc(N)nn1.O=C(O)C(F)(F)F. The molecule has 0 spiro atoms. The molecular weight excluding hydrogens is 449 g/mol. The smallest absolute Gasteiger partial charge is 0.475 e. The Kier molecular flexibility index (Phi) is 6.65. The summed E-state index contributed by atoms with van der Waals surface area (Å²) in [6.07, 6.45) is -3.26. The maximum atomic E-state index is 12.7. The third-order valence-electron chi connectivity index (χ3n) is 3.92. The van der Waals surface area contributed by atoms with Gasteiger partial charge in [-0.25, -0.2) is 4.79 Å². The zero-order valence-electron chi connectivity index (χ0n) is 14.5. The number of carbonyl (C=O) groups is 2. The molecule has 2 aromatic rings. The maximum Gasteiger partial charge on any atom is 0.490 e. The average molecular weight is 465 g/mol. The minimum atomic E-state index is -5.08. The van der Waals surface area contributed by atoms with Crippen molar-refractivity contribution in [3.63, 3.8) is 0 Å². The molecule has 0 aromatic carbocycles. The highest BCUT2D eigenvalue weighted by atomic mass is 79.9. The van der Waals surface area contributed by atoms with Crippen molar-refractivity contribution in [2.75, 3.05) is 12.3 Å². The summed E-state index contributed by atoms with van der Waals surface area (Å²) >= 11 is 3.25. The van der Waals surface area contributed by atoms with E-state index in [0.29, 0.717) is 28.4 Å². The number of nitrogens with two attached hydrogens (primary N) is 1. The number of likely N-dealkylation sites (tertiary alicyclic amines) is 1. The number of halogens is 4. The van der Waals surface area contributed by atoms with Gasteiger partial charge in [0.1, 0.15) is 11.6 Å². The van der Waals surface area contributed by atoms with Crippen molar-refractivity contribution in [1.82, 2.24) is 15.1 Å². The summed E-state index contributed by atoms with van der Waals surface area (Å²) in [5.74, 6) is -1.80. The number of amides is 1. The van der Waals surface area contributed by atoms with E-state index in [9.17, 15) is 18.0 Å². The zero-order valence-corrected chi connectivity index (χ0v) is 16.1. The predicted octanol–water partition coefficient (Wildman–Crippen LogP) is 3.33. The summed E-state index contributed by atoms with van der Waals surface area (Å²) in [5, 5.41) is 15.1. The second kappa shape index (κ2) is 8.59. The number of carbonyl (C=O) groups excluding carboxylic acids is 1. The molecule has 1 aliphatic rings. The number of alkyl halides is 3. The Morgan fingerprint density at radius 3 is 2.46 bits per heavy atom. The van der Waals surface area contributed by atoms with Crippen LogP contribution in [0, 0.1) is 6.92 Å². The molecular formula is C16H16BrF3N4O4. The van der Waals surface area contributed by atoms with Gasteiger partial charge in [0.2, 0.25) is 0 Å². The first-order valence-electron chi connectivity index (χ1n) is 7.96. The highest BCUT2D eigenvalue weighted by Gasteiger charge is 2.38. The summed E-state index contributed by atoms with van der Waals surface area (Å²) in [6.45, 7) is 2.49. The number of rotatable bonds is 2. The second-order valence-electron chi connectivity index (χ2n) is 5.86. The fourth-order valence-corrected chi connectivity index (χ4v) is 3.13. The van der Waals surface area contributed by atoms with E-state index in [1.54, 1.807) is 19.1 Å². The molecule has 1 saturated heterocycles. The fourth-order valence-electron chi connectivity index (χ4n) is 2.66. The van der Waals surface area contributed by atoms with Crippen LogP contribution in [-0.2, 0) is 4.79 Å². The van der Waals surface area contributed by atoms with Gasteiger partial charge in [-0.1, -0.05) is 0 Å². The van der Waals surface area contributed by atoms with Gasteiger partial charge in [0.15, 0.2) is 4.67 Å². The van der Waals surface area contributed by atoms with E-state index in [4.69, 9.17) is 20.1 Å². The van der Waals surface area contributed by atoms with Crippen LogP contribution in [0.3, 0.4) is 0 Å². The van der Waals surface area contributed by atoms with Crippen molar-refractivity contribution in [2.45, 2.75) is 32.0 Å². The van der Waals surface area contributed by atoms with Crippen molar-refractivity contribution in [3.8, 4) is 0 Å². The third kappa shape index (κ3) is 5.21. The fraction of sp³-hybridized carbons (Fsp3) is 0.375. The Labute approximate surface area is 165 Å². The Morgan fingerprint density at radius 1 is 1.36 bits per heavy atom. The number of anilines is 1. The lowest BCUT2D eigenvalue weighted by molar-refractivity contribution is -0.192. The Hall–Kier alpha value is -2.63. The Morgan fingerprint density at radius 2 is 2.00 bits per heavy atom. The van der Waals surface area contributed by atoms with Crippen LogP contribution < -0.4 is 5.73 Å². The number of nitrogens with zero attached hydrogens (tertiary/aromatic N) is 3. The molecule has 1 fully saturated rings. The number of carboxylic acids is 1. The Balaban J connectivity index is 0.000000345. The van der Waals surface area contributed by atoms with Crippen LogP contribution in [0.2, 0.25) is 0 Å². The van der Waals surface area contributed by atoms with Crippen LogP contribution >= 0.6 is 15.9 Å². The summed E-state index contributed by atoms with van der Waals surface area (Å²) in [5.41, 5.74) is 6.92. The molecule has 1 atom stereocenters. The van der Waals surface area contributed by atoms with Crippen molar-refractivity contribution in [2.24, 2.45) is 0 Å². The number of hydrogen-bond acceptors (Lipinski definition) is 6. The third-order valence-corrected chi connectivity index (χ3v) is 4.31. The van der Waals surface area contributed by atoms with Gasteiger partial charge in [-0.2, -0.15) is 18.3 Å². The number of aryl methyl sites for hydroxylation is 1. The maximum absolute atomic E-state index is 12.7. The molecule has 0 aliphatic carbocycles. The van der Waals surface area contributed by atoms with Gasteiger partial charge in [-0.3, -0.25) is 4.79 Å². The van der Waals surface area contributed by atoms with E-state index < -0.39 is 12.1 Å². The van der Waals surface area contributed by atoms with Crippen molar-refractivity contribution in [1.29, 1.82) is 0 Å². The quantitative estimate of drug-likeness (QED) is 0.698. The Bertz CT molecular complexity index is 855. The molecule has 0 saturated carbocycles. The molecule has 1 unspecified atom stereocenters. The van der Waals surface area contributed by atoms with E-state index in [1.165, 1.54) is 0 Å². The molecule has 1 amide bonds. The number of furan rings is 1. The molecule has 12 heteroatoms. The zero-order chi connectivity index (χ0) is 21.1. The average Bonchev–Trinajstić information content (AvgIpc) is 3.21. The van der Waals surface area contributed by atoms with Crippen LogP contribution in [0.4, 0.5) is 19.0 Å². The van der Waals surface area contributed by atoms with Gasteiger partial charge >= 0.3 is 12.1 Å². The standard InChI is InChI=1S/C14H15BrN4O2.C2HF3O2/c1-8-9(7-12(15)21-8)14(20)19-6-2-3-11(19)10-4-5-13(16)18-17-10;3-2(4,5)1(6)7/h4-5,7,11H,2-3,6H2,1H3,(H2,16,18);(H,6,7). The number of hydrogen-bond donors (Lipinski definition) is 2. The first kappa shape index (κ1) is 21.7. The molecule has 28 heavy (non-hydrogen) atoms. The van der Waals surface area contributed by atoms with E-state index in [0.717, 1.165) is 18.5 Å². The molecule has 1 aliphatic heterocycles. The first-order chi connectivity index (χ1) is 13.0. The summed E-state index contributed by atoms with van der Waals surface area (Å²) < 4.78 is 37.7. The number of aliphatic carboxylic acids is 1. The van der Waals surface area contributed by atoms with Crippen LogP contribution in [0.1, 0.15) is 40.7 Å². The molecule has 2 aromatic heterocycles. The molecule has 152 valence electrons. The molecule has 3 rings (SSSR count). The molecule has 3 N–H and O–H groups in total. The second-order valence-corrected chi connectivity index (χ2v) is 6.64. The van der Waals surface area contributed by atoms with E-state index in [1.807, 2.05) is 11.0 Å². The molecule has 8 nitrogen and oxygen atoms in total.